The van der Waals surface area contributed by atoms with Crippen LogP contribution < -0.4 is 25.8 Å². The first-order valence-electron chi connectivity index (χ1n) is 21.4. The molecule has 0 bridgehead atoms. The molecule has 0 spiro atoms. The quantitative estimate of drug-likeness (QED) is 0.107. The maximum absolute atomic E-state index is 13.3. The van der Waals surface area contributed by atoms with Crippen LogP contribution >= 0.6 is 0 Å². The van der Waals surface area contributed by atoms with E-state index in [9.17, 15) is 33.6 Å². The molecule has 0 saturated carbocycles. The predicted molar refractivity (Wildman–Crippen MR) is 229 cm³/mol. The van der Waals surface area contributed by atoms with Gasteiger partial charge in [0.25, 0.3) is 17.7 Å². The van der Waals surface area contributed by atoms with Crippen LogP contribution in [-0.2, 0) is 19.2 Å². The van der Waals surface area contributed by atoms with Gasteiger partial charge in [-0.3, -0.25) is 48.7 Å². The molecular formula is C46H50N8O9. The number of hydrogen-bond acceptors (Lipinski definition) is 12. The number of anilines is 1. The van der Waals surface area contributed by atoms with Gasteiger partial charge in [-0.05, 0) is 93.6 Å². The van der Waals surface area contributed by atoms with E-state index in [4.69, 9.17) is 20.3 Å². The van der Waals surface area contributed by atoms with E-state index in [-0.39, 0.29) is 79.4 Å². The Morgan fingerprint density at radius 3 is 2.35 bits per heavy atom. The van der Waals surface area contributed by atoms with Crippen molar-refractivity contribution in [2.45, 2.75) is 63.5 Å². The average molecular weight is 859 g/mol. The van der Waals surface area contributed by atoms with Gasteiger partial charge in [0.1, 0.15) is 46.1 Å². The van der Waals surface area contributed by atoms with Crippen LogP contribution in [0.4, 0.5) is 5.82 Å². The van der Waals surface area contributed by atoms with Gasteiger partial charge in [0.2, 0.25) is 17.7 Å². The van der Waals surface area contributed by atoms with Gasteiger partial charge in [-0.2, -0.15) is 5.10 Å². The van der Waals surface area contributed by atoms with Crippen molar-refractivity contribution < 1.29 is 43.0 Å². The molecule has 4 aromatic rings. The van der Waals surface area contributed by atoms with E-state index >= 15 is 0 Å². The van der Waals surface area contributed by atoms with Crippen molar-refractivity contribution in [3.05, 3.63) is 89.5 Å². The molecule has 2 saturated heterocycles. The molecule has 1 aromatic heterocycles. The number of rotatable bonds is 16. The summed E-state index contributed by atoms with van der Waals surface area (Å²) in [4.78, 5) is 94.0. The molecule has 8 rings (SSSR count). The molecule has 3 aromatic carbocycles. The standard InChI is InChI=1S/C46H50N8O9/c1-51(27-30(55)7-6-26-62-36-11-5-10-33-39(36)46(61)53(45(33)60)35-16-17-37(56)49-44(35)59)23-21-38(57)52-24-19-28(20-25-52)34-18-22-48-43-40(42(47)58)41(50-54(34)43)29-12-14-32(15-13-29)63-31-8-3-2-4-9-31/h2-5,8-15,28,34-35,48H,6-7,16-27H2,1H3,(H2,47,58)(H,49,56,59)/t34-,35?/m0/s1. The average Bonchev–Trinajstić information content (AvgIpc) is 3.80. The van der Waals surface area contributed by atoms with Crippen LogP contribution in [0.1, 0.15) is 88.5 Å². The lowest BCUT2D eigenvalue weighted by Gasteiger charge is -2.38. The third-order valence-corrected chi connectivity index (χ3v) is 12.2. The third-order valence-electron chi connectivity index (χ3n) is 12.2. The largest absolute Gasteiger partial charge is 0.493 e. The highest BCUT2D eigenvalue weighted by molar-refractivity contribution is 6.24. The molecule has 17 heteroatoms. The summed E-state index contributed by atoms with van der Waals surface area (Å²) < 4.78 is 13.7. The van der Waals surface area contributed by atoms with Gasteiger partial charge in [0, 0.05) is 51.0 Å². The smallest absolute Gasteiger partial charge is 0.266 e. The highest BCUT2D eigenvalue weighted by Gasteiger charge is 2.46. The highest BCUT2D eigenvalue weighted by atomic mass is 16.5. The molecule has 328 valence electrons. The number of likely N-dealkylation sites (N-methyl/N-ethyl adjacent to an activating group) is 1. The molecule has 4 N–H and O–H groups in total. The van der Waals surface area contributed by atoms with E-state index in [0.29, 0.717) is 55.4 Å². The van der Waals surface area contributed by atoms with Gasteiger partial charge in [-0.25, -0.2) is 4.68 Å². The van der Waals surface area contributed by atoms with Gasteiger partial charge in [-0.1, -0.05) is 24.3 Å². The lowest BCUT2D eigenvalue weighted by Crippen LogP contribution is -2.54. The zero-order valence-corrected chi connectivity index (χ0v) is 35.0. The number of carbonyl (C=O) groups is 7. The first kappa shape index (κ1) is 42.8. The van der Waals surface area contributed by atoms with Crippen LogP contribution in [-0.4, -0.2) is 118 Å². The zero-order chi connectivity index (χ0) is 44.2. The number of amides is 6. The summed E-state index contributed by atoms with van der Waals surface area (Å²) in [7, 11) is 1.80. The van der Waals surface area contributed by atoms with Gasteiger partial charge >= 0.3 is 0 Å². The number of ether oxygens (including phenoxy) is 2. The van der Waals surface area contributed by atoms with Crippen LogP contribution in [0.25, 0.3) is 11.3 Å². The minimum atomic E-state index is -1.08. The molecule has 4 aliphatic rings. The van der Waals surface area contributed by atoms with E-state index < -0.39 is 35.6 Å². The van der Waals surface area contributed by atoms with E-state index in [1.165, 1.54) is 6.07 Å². The lowest BCUT2D eigenvalue weighted by atomic mass is 9.86. The van der Waals surface area contributed by atoms with Crippen LogP contribution in [0, 0.1) is 5.92 Å². The number of hydrogen-bond donors (Lipinski definition) is 3. The fourth-order valence-corrected chi connectivity index (χ4v) is 8.97. The minimum absolute atomic E-state index is 0.0225. The number of aromatic nitrogens is 2. The monoisotopic (exact) mass is 858 g/mol. The fourth-order valence-electron chi connectivity index (χ4n) is 8.97. The number of para-hydroxylation sites is 1. The Kier molecular flexibility index (Phi) is 12.6. The van der Waals surface area contributed by atoms with Crippen molar-refractivity contribution in [2.75, 3.05) is 51.7 Å². The Labute approximate surface area is 363 Å². The van der Waals surface area contributed by atoms with Crippen molar-refractivity contribution in [3.63, 3.8) is 0 Å². The number of nitrogens with zero attached hydrogens (tertiary/aromatic N) is 5. The summed E-state index contributed by atoms with van der Waals surface area (Å²) in [5.41, 5.74) is 7.74. The number of ketones is 1. The van der Waals surface area contributed by atoms with Gasteiger partial charge in [0.15, 0.2) is 0 Å². The molecule has 0 aliphatic carbocycles. The fraction of sp³-hybridized carbons (Fsp3) is 0.391. The van der Waals surface area contributed by atoms with Crippen molar-refractivity contribution in [1.82, 2.24) is 29.8 Å². The first-order chi connectivity index (χ1) is 30.5. The van der Waals surface area contributed by atoms with Crippen molar-refractivity contribution >= 4 is 47.0 Å². The number of nitrogens with one attached hydrogen (secondary N) is 2. The SMILES string of the molecule is CN(CCC(=O)N1CCC([C@@H]2CCNc3c(C(N)=O)c(-c4ccc(Oc5ccccc5)cc4)nn32)CC1)CC(=O)CCCOc1cccc2c1C(=O)N(C1CCC(=O)NC1=O)C2=O. The van der Waals surface area contributed by atoms with Crippen LogP contribution in [0.5, 0.6) is 17.2 Å². The molecule has 63 heavy (non-hydrogen) atoms. The Hall–Kier alpha value is -6.88. The summed E-state index contributed by atoms with van der Waals surface area (Å²) >= 11 is 0. The van der Waals surface area contributed by atoms with Crippen LogP contribution in [0.3, 0.4) is 0 Å². The van der Waals surface area contributed by atoms with Crippen LogP contribution in [0.2, 0.25) is 0 Å². The zero-order valence-electron chi connectivity index (χ0n) is 35.0. The van der Waals surface area contributed by atoms with Crippen molar-refractivity contribution in [2.24, 2.45) is 11.7 Å². The molecule has 6 amide bonds. The highest BCUT2D eigenvalue weighted by Crippen LogP contribution is 2.40. The molecule has 2 atom stereocenters. The summed E-state index contributed by atoms with van der Waals surface area (Å²) in [5, 5.41) is 10.5. The second kappa shape index (κ2) is 18.6. The number of piperidine rings is 2. The third kappa shape index (κ3) is 9.19. The number of benzene rings is 3. The predicted octanol–water partition coefficient (Wildman–Crippen LogP) is 4.19. The molecule has 1 unspecified atom stereocenters. The van der Waals surface area contributed by atoms with Crippen molar-refractivity contribution in [3.8, 4) is 28.5 Å². The summed E-state index contributed by atoms with van der Waals surface area (Å²) in [6.45, 7) is 2.57. The first-order valence-corrected chi connectivity index (χ1v) is 21.4. The molecule has 0 radical (unpaired) electrons. The van der Waals surface area contributed by atoms with E-state index in [2.05, 4.69) is 10.6 Å². The Balaban J connectivity index is 0.778. The van der Waals surface area contributed by atoms with E-state index in [1.54, 1.807) is 19.2 Å². The summed E-state index contributed by atoms with van der Waals surface area (Å²) in [6.07, 6.45) is 3.31. The number of Topliss-reactive ketones (excluding diaryl/α,β-unsaturated/α-hetero) is 1. The Bertz CT molecular complexity index is 2430. The van der Waals surface area contributed by atoms with E-state index in [0.717, 1.165) is 35.5 Å². The molecule has 2 fully saturated rings. The maximum Gasteiger partial charge on any atom is 0.266 e. The molecule has 17 nitrogen and oxygen atoms in total. The normalized spacial score (nSPS) is 18.8. The number of imide groups is 2. The Morgan fingerprint density at radius 1 is 0.873 bits per heavy atom. The number of nitrogens with two attached hydrogens (primary N) is 1. The second-order valence-corrected chi connectivity index (χ2v) is 16.4. The molecule has 5 heterocycles. The molecular weight excluding hydrogens is 809 g/mol. The molecule has 4 aliphatic heterocycles. The summed E-state index contributed by atoms with van der Waals surface area (Å²) in [6, 6.07) is 20.5. The number of primary amides is 1. The Morgan fingerprint density at radius 2 is 1.62 bits per heavy atom. The number of fused-ring (bicyclic) bond motifs is 2. The second-order valence-electron chi connectivity index (χ2n) is 16.4. The van der Waals surface area contributed by atoms with Crippen LogP contribution in [0.15, 0.2) is 72.8 Å². The van der Waals surface area contributed by atoms with E-state index in [1.807, 2.05) is 69.1 Å². The van der Waals surface area contributed by atoms with Gasteiger partial charge in [-0.15, -0.1) is 0 Å². The minimum Gasteiger partial charge on any atom is -0.493 e. The lowest BCUT2D eigenvalue weighted by molar-refractivity contribution is -0.136. The summed E-state index contributed by atoms with van der Waals surface area (Å²) in [5.74, 6) is -0.541. The number of likely N-dealkylation sites (tertiary alicyclic amines) is 1. The van der Waals surface area contributed by atoms with Gasteiger partial charge < -0.3 is 25.4 Å². The number of carbonyl (C=O) groups excluding carboxylic acids is 7. The topological polar surface area (TPSA) is 216 Å². The van der Waals surface area contributed by atoms with Crippen molar-refractivity contribution in [1.29, 1.82) is 0 Å². The maximum atomic E-state index is 13.3. The van der Waals surface area contributed by atoms with Gasteiger partial charge in [0.05, 0.1) is 30.3 Å².